The zero-order chi connectivity index (χ0) is 10.0. The number of hydrogen-bond donors (Lipinski definition) is 2. The van der Waals surface area contributed by atoms with Crippen LogP contribution < -0.4 is 11.5 Å². The molecule has 1 amide bonds. The number of rotatable bonds is 2. The van der Waals surface area contributed by atoms with Gasteiger partial charge in [0.25, 0.3) is 0 Å². The highest BCUT2D eigenvalue weighted by molar-refractivity contribution is 5.85. The van der Waals surface area contributed by atoms with Crippen LogP contribution in [-0.2, 0) is 4.79 Å². The van der Waals surface area contributed by atoms with Crippen LogP contribution in [0.25, 0.3) is 0 Å². The zero-order valence-electron chi connectivity index (χ0n) is 7.95. The van der Waals surface area contributed by atoms with Gasteiger partial charge >= 0.3 is 0 Å². The summed E-state index contributed by atoms with van der Waals surface area (Å²) in [4.78, 5) is 13.0. The molecule has 0 bridgehead atoms. The Morgan fingerprint density at radius 3 is 2.54 bits per heavy atom. The van der Waals surface area contributed by atoms with Crippen molar-refractivity contribution in [1.29, 1.82) is 0 Å². The highest BCUT2D eigenvalue weighted by Gasteiger charge is 2.28. The Labute approximate surface area is 77.9 Å². The van der Waals surface area contributed by atoms with Gasteiger partial charge in [-0.3, -0.25) is 9.69 Å². The SMILES string of the molecule is CC(C)N1C(=O)CC(/C=C\N)=C1N. The van der Waals surface area contributed by atoms with Crippen LogP contribution in [0.3, 0.4) is 0 Å². The van der Waals surface area contributed by atoms with E-state index < -0.39 is 0 Å². The molecule has 4 N–H and O–H groups in total. The van der Waals surface area contributed by atoms with Crippen molar-refractivity contribution in [3.05, 3.63) is 23.7 Å². The quantitative estimate of drug-likeness (QED) is 0.642. The maximum Gasteiger partial charge on any atom is 0.232 e. The minimum atomic E-state index is 0.0422. The molecule has 0 unspecified atom stereocenters. The van der Waals surface area contributed by atoms with Gasteiger partial charge in [0.1, 0.15) is 5.82 Å². The van der Waals surface area contributed by atoms with Crippen LogP contribution in [-0.4, -0.2) is 16.8 Å². The van der Waals surface area contributed by atoms with Crippen molar-refractivity contribution in [2.45, 2.75) is 26.3 Å². The van der Waals surface area contributed by atoms with E-state index in [-0.39, 0.29) is 11.9 Å². The minimum Gasteiger partial charge on any atom is -0.405 e. The van der Waals surface area contributed by atoms with E-state index in [1.165, 1.54) is 6.20 Å². The molecule has 0 fully saturated rings. The average molecular weight is 181 g/mol. The molecule has 1 aliphatic heterocycles. The molecule has 4 nitrogen and oxygen atoms in total. The molecule has 0 aliphatic carbocycles. The molecule has 0 radical (unpaired) electrons. The fourth-order valence-corrected chi connectivity index (χ4v) is 1.45. The third-order valence-electron chi connectivity index (χ3n) is 2.01. The highest BCUT2D eigenvalue weighted by Crippen LogP contribution is 2.23. The summed E-state index contributed by atoms with van der Waals surface area (Å²) in [6.07, 6.45) is 3.44. The number of carbonyl (C=O) groups excluding carboxylic acids is 1. The zero-order valence-corrected chi connectivity index (χ0v) is 7.95. The lowest BCUT2D eigenvalue weighted by molar-refractivity contribution is -0.128. The molecule has 1 heterocycles. The Morgan fingerprint density at radius 1 is 1.54 bits per heavy atom. The van der Waals surface area contributed by atoms with Crippen molar-refractivity contribution in [2.75, 3.05) is 0 Å². The second-order valence-electron chi connectivity index (χ2n) is 3.30. The van der Waals surface area contributed by atoms with E-state index in [1.54, 1.807) is 11.0 Å². The summed E-state index contributed by atoms with van der Waals surface area (Å²) < 4.78 is 0. The smallest absolute Gasteiger partial charge is 0.232 e. The second-order valence-corrected chi connectivity index (χ2v) is 3.30. The van der Waals surface area contributed by atoms with E-state index in [0.29, 0.717) is 12.2 Å². The van der Waals surface area contributed by atoms with Gasteiger partial charge in [-0.15, -0.1) is 0 Å². The van der Waals surface area contributed by atoms with Crippen molar-refractivity contribution in [2.24, 2.45) is 11.5 Å². The van der Waals surface area contributed by atoms with Crippen LogP contribution in [0.4, 0.5) is 0 Å². The first-order chi connectivity index (χ1) is 6.07. The third kappa shape index (κ3) is 1.66. The summed E-state index contributed by atoms with van der Waals surface area (Å²) in [5.74, 6) is 0.572. The van der Waals surface area contributed by atoms with Crippen molar-refractivity contribution < 1.29 is 4.79 Å². The maximum absolute atomic E-state index is 11.4. The molecule has 0 atom stereocenters. The van der Waals surface area contributed by atoms with E-state index in [0.717, 1.165) is 5.57 Å². The number of allylic oxidation sites excluding steroid dienone is 1. The Kier molecular flexibility index (Phi) is 2.60. The van der Waals surface area contributed by atoms with Gasteiger partial charge in [-0.1, -0.05) is 0 Å². The van der Waals surface area contributed by atoms with Crippen molar-refractivity contribution in [3.8, 4) is 0 Å². The van der Waals surface area contributed by atoms with Crippen LogP contribution in [0.2, 0.25) is 0 Å². The van der Waals surface area contributed by atoms with Crippen LogP contribution in [0.1, 0.15) is 20.3 Å². The number of nitrogens with zero attached hydrogens (tertiary/aromatic N) is 1. The van der Waals surface area contributed by atoms with Crippen molar-refractivity contribution >= 4 is 5.91 Å². The number of hydrogen-bond acceptors (Lipinski definition) is 3. The molecule has 4 heteroatoms. The predicted octanol–water partition coefficient (Wildman–Crippen LogP) is 0.270. The molecule has 13 heavy (non-hydrogen) atoms. The van der Waals surface area contributed by atoms with Crippen LogP contribution in [0, 0.1) is 0 Å². The van der Waals surface area contributed by atoms with E-state index in [4.69, 9.17) is 11.5 Å². The minimum absolute atomic E-state index is 0.0422. The number of carbonyl (C=O) groups is 1. The first-order valence-electron chi connectivity index (χ1n) is 4.27. The van der Waals surface area contributed by atoms with Crippen LogP contribution >= 0.6 is 0 Å². The van der Waals surface area contributed by atoms with E-state index in [9.17, 15) is 4.79 Å². The number of amides is 1. The van der Waals surface area contributed by atoms with Gasteiger partial charge in [-0.05, 0) is 26.1 Å². The Morgan fingerprint density at radius 2 is 2.15 bits per heavy atom. The molecular formula is C9H15N3O. The largest absolute Gasteiger partial charge is 0.405 e. The molecule has 0 aromatic carbocycles. The lowest BCUT2D eigenvalue weighted by Crippen LogP contribution is -2.34. The van der Waals surface area contributed by atoms with E-state index >= 15 is 0 Å². The fraction of sp³-hybridized carbons (Fsp3) is 0.444. The van der Waals surface area contributed by atoms with Gasteiger partial charge in [0.15, 0.2) is 0 Å². The Hall–Kier alpha value is -1.45. The van der Waals surface area contributed by atoms with Crippen LogP contribution in [0.5, 0.6) is 0 Å². The van der Waals surface area contributed by atoms with Gasteiger partial charge in [0.05, 0.1) is 6.42 Å². The van der Waals surface area contributed by atoms with Gasteiger partial charge < -0.3 is 11.5 Å². The Bertz CT molecular complexity index is 279. The molecule has 1 rings (SSSR count). The van der Waals surface area contributed by atoms with Gasteiger partial charge in [0, 0.05) is 11.6 Å². The average Bonchev–Trinajstić information content (AvgIpc) is 2.28. The standard InChI is InChI=1S/C9H15N3O/c1-6(2)12-8(13)5-7(3-4-10)9(12)11/h3-4,6H,5,10-11H2,1-2H3/b4-3-. The van der Waals surface area contributed by atoms with Crippen LogP contribution in [0.15, 0.2) is 23.7 Å². The lowest BCUT2D eigenvalue weighted by atomic mass is 10.2. The predicted molar refractivity (Wildman–Crippen MR) is 51.1 cm³/mol. The summed E-state index contributed by atoms with van der Waals surface area (Å²) in [5, 5.41) is 0. The Balaban J connectivity index is 2.94. The topological polar surface area (TPSA) is 72.3 Å². The van der Waals surface area contributed by atoms with E-state index in [2.05, 4.69) is 0 Å². The molecule has 72 valence electrons. The molecule has 0 saturated heterocycles. The summed E-state index contributed by atoms with van der Waals surface area (Å²) in [6.45, 7) is 3.86. The van der Waals surface area contributed by atoms with E-state index in [1.807, 2.05) is 13.8 Å². The maximum atomic E-state index is 11.4. The molecule has 1 aliphatic rings. The summed E-state index contributed by atoms with van der Waals surface area (Å²) in [6, 6.07) is 0.108. The summed E-state index contributed by atoms with van der Waals surface area (Å²) in [7, 11) is 0. The summed E-state index contributed by atoms with van der Waals surface area (Å²) >= 11 is 0. The number of nitrogens with two attached hydrogens (primary N) is 2. The molecule has 0 aromatic rings. The first kappa shape index (κ1) is 9.64. The molecular weight excluding hydrogens is 166 g/mol. The third-order valence-corrected chi connectivity index (χ3v) is 2.01. The van der Waals surface area contributed by atoms with Gasteiger partial charge in [0.2, 0.25) is 5.91 Å². The normalized spacial score (nSPS) is 18.4. The summed E-state index contributed by atoms with van der Waals surface area (Å²) in [5.41, 5.74) is 11.8. The lowest BCUT2D eigenvalue weighted by Gasteiger charge is -2.21. The molecule has 0 saturated carbocycles. The van der Waals surface area contributed by atoms with Crippen molar-refractivity contribution in [3.63, 3.8) is 0 Å². The van der Waals surface area contributed by atoms with Gasteiger partial charge in [-0.25, -0.2) is 0 Å². The van der Waals surface area contributed by atoms with Gasteiger partial charge in [-0.2, -0.15) is 0 Å². The highest BCUT2D eigenvalue weighted by atomic mass is 16.2. The monoisotopic (exact) mass is 181 g/mol. The van der Waals surface area contributed by atoms with Crippen molar-refractivity contribution in [1.82, 2.24) is 4.90 Å². The second kappa shape index (κ2) is 3.51. The first-order valence-corrected chi connectivity index (χ1v) is 4.27. The molecule has 0 aromatic heterocycles. The molecule has 0 spiro atoms. The fourth-order valence-electron chi connectivity index (χ4n) is 1.45.